The number of allylic oxidation sites excluding steroid dienone is 1. The van der Waals surface area contributed by atoms with Gasteiger partial charge in [0.2, 0.25) is 5.88 Å². The molecule has 9 heteroatoms. The molecule has 0 aromatic carbocycles. The van der Waals surface area contributed by atoms with E-state index in [1.807, 2.05) is 12.1 Å². The van der Waals surface area contributed by atoms with Crippen LogP contribution in [0.2, 0.25) is 0 Å². The lowest BCUT2D eigenvalue weighted by atomic mass is 9.87. The normalized spacial score (nSPS) is 15.7. The summed E-state index contributed by atoms with van der Waals surface area (Å²) >= 11 is 0. The number of ether oxygens (including phenoxy) is 2. The van der Waals surface area contributed by atoms with Crippen molar-refractivity contribution in [3.05, 3.63) is 71.9 Å². The quantitative estimate of drug-likeness (QED) is 0.479. The third-order valence-corrected chi connectivity index (χ3v) is 4.84. The van der Waals surface area contributed by atoms with E-state index in [1.54, 1.807) is 49.2 Å². The molecule has 1 atom stereocenters. The summed E-state index contributed by atoms with van der Waals surface area (Å²) in [5.74, 6) is 0.731. The van der Waals surface area contributed by atoms with E-state index in [9.17, 15) is 4.79 Å². The summed E-state index contributed by atoms with van der Waals surface area (Å²) in [7, 11) is 0. The van der Waals surface area contributed by atoms with E-state index < -0.39 is 11.9 Å². The molecule has 4 aromatic heterocycles. The van der Waals surface area contributed by atoms with E-state index in [4.69, 9.17) is 18.9 Å². The van der Waals surface area contributed by atoms with Gasteiger partial charge in [-0.1, -0.05) is 0 Å². The van der Waals surface area contributed by atoms with E-state index in [1.165, 1.54) is 6.33 Å². The summed E-state index contributed by atoms with van der Waals surface area (Å²) in [6.07, 6.45) is 6.45. The minimum atomic E-state index is -0.593. The predicted molar refractivity (Wildman–Crippen MR) is 105 cm³/mol. The average Bonchev–Trinajstić information content (AvgIpc) is 3.43. The number of carbonyl (C=O) groups is 1. The number of hydrogen-bond donors (Lipinski definition) is 0. The van der Waals surface area contributed by atoms with Gasteiger partial charge in [0.15, 0.2) is 11.5 Å². The fourth-order valence-corrected chi connectivity index (χ4v) is 3.57. The van der Waals surface area contributed by atoms with E-state index >= 15 is 0 Å². The van der Waals surface area contributed by atoms with E-state index in [-0.39, 0.29) is 6.61 Å². The molecule has 0 spiro atoms. The van der Waals surface area contributed by atoms with Gasteiger partial charge in [0.05, 0.1) is 29.9 Å². The fraction of sp³-hybridized carbons (Fsp3) is 0.190. The van der Waals surface area contributed by atoms with Crippen LogP contribution in [-0.2, 0) is 9.53 Å². The Hall–Kier alpha value is -4.01. The highest BCUT2D eigenvalue weighted by Gasteiger charge is 2.39. The maximum atomic E-state index is 12.8. The van der Waals surface area contributed by atoms with Crippen LogP contribution in [0.1, 0.15) is 31.1 Å². The Kier molecular flexibility index (Phi) is 4.27. The van der Waals surface area contributed by atoms with Crippen LogP contribution in [0.25, 0.3) is 17.0 Å². The Bertz CT molecular complexity index is 1260. The van der Waals surface area contributed by atoms with Gasteiger partial charge in [-0.15, -0.1) is 5.10 Å². The fourth-order valence-electron chi connectivity index (χ4n) is 3.57. The molecular formula is C21H17N5O4. The molecular weight excluding hydrogens is 386 g/mol. The van der Waals surface area contributed by atoms with Crippen LogP contribution in [0.3, 0.4) is 0 Å². The van der Waals surface area contributed by atoms with Crippen LogP contribution in [0, 0.1) is 0 Å². The smallest absolute Gasteiger partial charge is 0.338 e. The Morgan fingerprint density at radius 1 is 1.30 bits per heavy atom. The van der Waals surface area contributed by atoms with Crippen molar-refractivity contribution in [3.63, 3.8) is 0 Å². The second-order valence-electron chi connectivity index (χ2n) is 6.65. The van der Waals surface area contributed by atoms with Gasteiger partial charge in [0, 0.05) is 18.0 Å². The van der Waals surface area contributed by atoms with Crippen LogP contribution in [-0.4, -0.2) is 37.1 Å². The van der Waals surface area contributed by atoms with Crippen molar-refractivity contribution in [3.8, 4) is 17.3 Å². The zero-order chi connectivity index (χ0) is 20.7. The molecule has 0 fully saturated rings. The molecule has 9 nitrogen and oxygen atoms in total. The third kappa shape index (κ3) is 2.83. The summed E-state index contributed by atoms with van der Waals surface area (Å²) in [5.41, 5.74) is 2.21. The summed E-state index contributed by atoms with van der Waals surface area (Å²) in [4.78, 5) is 26.0. The van der Waals surface area contributed by atoms with Crippen molar-refractivity contribution in [2.75, 3.05) is 6.61 Å². The molecule has 1 aliphatic heterocycles. The summed E-state index contributed by atoms with van der Waals surface area (Å²) < 4.78 is 18.4. The lowest BCUT2D eigenvalue weighted by Crippen LogP contribution is -2.24. The van der Waals surface area contributed by atoms with E-state index in [2.05, 4.69) is 15.1 Å². The zero-order valence-electron chi connectivity index (χ0n) is 16.3. The molecule has 5 rings (SSSR count). The van der Waals surface area contributed by atoms with Crippen LogP contribution in [0.15, 0.2) is 65.0 Å². The minimum absolute atomic E-state index is 0.242. The summed E-state index contributed by atoms with van der Waals surface area (Å²) in [6.45, 7) is 3.71. The monoisotopic (exact) mass is 403 g/mol. The molecule has 4 aromatic rings. The van der Waals surface area contributed by atoms with Gasteiger partial charge < -0.3 is 13.9 Å². The highest BCUT2D eigenvalue weighted by Crippen LogP contribution is 2.44. The van der Waals surface area contributed by atoms with Gasteiger partial charge in [-0.25, -0.2) is 19.3 Å². The summed E-state index contributed by atoms with van der Waals surface area (Å²) in [5, 5.41) is 4.52. The average molecular weight is 403 g/mol. The molecule has 150 valence electrons. The Labute approximate surface area is 171 Å². The van der Waals surface area contributed by atoms with Gasteiger partial charge in [0.25, 0.3) is 0 Å². The van der Waals surface area contributed by atoms with Crippen LogP contribution >= 0.6 is 0 Å². The van der Waals surface area contributed by atoms with Crippen LogP contribution in [0.5, 0.6) is 5.88 Å². The first kappa shape index (κ1) is 18.0. The first-order valence-corrected chi connectivity index (χ1v) is 9.42. The van der Waals surface area contributed by atoms with Crippen molar-refractivity contribution >= 4 is 11.6 Å². The first-order valence-electron chi connectivity index (χ1n) is 9.42. The molecule has 0 N–H and O–H groups in total. The number of rotatable bonds is 4. The van der Waals surface area contributed by atoms with Gasteiger partial charge in [-0.2, -0.15) is 0 Å². The molecule has 0 aliphatic carbocycles. The van der Waals surface area contributed by atoms with Gasteiger partial charge in [0.1, 0.15) is 17.8 Å². The highest BCUT2D eigenvalue weighted by atomic mass is 16.5. The van der Waals surface area contributed by atoms with Gasteiger partial charge in [-0.3, -0.25) is 4.98 Å². The van der Waals surface area contributed by atoms with Gasteiger partial charge >= 0.3 is 5.97 Å². The molecule has 0 saturated heterocycles. The van der Waals surface area contributed by atoms with E-state index in [0.29, 0.717) is 40.0 Å². The van der Waals surface area contributed by atoms with Crippen molar-refractivity contribution in [2.24, 2.45) is 0 Å². The SMILES string of the molecule is CCOC(=O)C1=C(C)Oc2ncn3nc(-c4cccnc4)nc3c2C1c1ccco1. The van der Waals surface area contributed by atoms with Gasteiger partial charge in [-0.05, 0) is 38.1 Å². The molecule has 0 saturated carbocycles. The minimum Gasteiger partial charge on any atom is -0.468 e. The molecule has 1 aliphatic rings. The lowest BCUT2D eigenvalue weighted by Gasteiger charge is -2.26. The van der Waals surface area contributed by atoms with Crippen molar-refractivity contribution in [1.29, 1.82) is 0 Å². The van der Waals surface area contributed by atoms with Crippen molar-refractivity contribution < 1.29 is 18.7 Å². The molecule has 0 radical (unpaired) electrons. The second-order valence-corrected chi connectivity index (χ2v) is 6.65. The number of nitrogens with zero attached hydrogens (tertiary/aromatic N) is 5. The number of hydrogen-bond acceptors (Lipinski definition) is 8. The second kappa shape index (κ2) is 7.11. The Balaban J connectivity index is 1.75. The number of furan rings is 1. The molecule has 0 amide bonds. The first-order chi connectivity index (χ1) is 14.7. The largest absolute Gasteiger partial charge is 0.468 e. The number of fused-ring (bicyclic) bond motifs is 3. The number of esters is 1. The number of carbonyl (C=O) groups excluding carboxylic acids is 1. The molecule has 30 heavy (non-hydrogen) atoms. The van der Waals surface area contributed by atoms with Crippen molar-refractivity contribution in [1.82, 2.24) is 24.6 Å². The lowest BCUT2D eigenvalue weighted by molar-refractivity contribution is -0.139. The molecule has 0 bridgehead atoms. The maximum Gasteiger partial charge on any atom is 0.338 e. The summed E-state index contributed by atoms with van der Waals surface area (Å²) in [6, 6.07) is 7.25. The Morgan fingerprint density at radius 3 is 2.93 bits per heavy atom. The standard InChI is InChI=1S/C21H17N5O4/c1-3-28-21(27)15-12(2)30-20-17(16(15)14-7-5-9-29-14)19-24-18(25-26(19)11-23-20)13-6-4-8-22-10-13/h4-11,16H,3H2,1-2H3. The highest BCUT2D eigenvalue weighted by molar-refractivity contribution is 5.93. The number of aromatic nitrogens is 5. The van der Waals surface area contributed by atoms with Crippen molar-refractivity contribution in [2.45, 2.75) is 19.8 Å². The topological polar surface area (TPSA) is 105 Å². The van der Waals surface area contributed by atoms with E-state index in [0.717, 1.165) is 5.56 Å². The van der Waals surface area contributed by atoms with Crippen LogP contribution < -0.4 is 4.74 Å². The molecule has 5 heterocycles. The third-order valence-electron chi connectivity index (χ3n) is 4.84. The van der Waals surface area contributed by atoms with Crippen LogP contribution in [0.4, 0.5) is 0 Å². The number of pyridine rings is 1. The maximum absolute atomic E-state index is 12.8. The zero-order valence-corrected chi connectivity index (χ0v) is 16.3. The Morgan fingerprint density at radius 2 is 2.20 bits per heavy atom. The predicted octanol–water partition coefficient (Wildman–Crippen LogP) is 3.14. The molecule has 1 unspecified atom stereocenters.